The van der Waals surface area contributed by atoms with E-state index in [1.54, 1.807) is 6.20 Å². The average Bonchev–Trinajstić information content (AvgIpc) is 3.05. The van der Waals surface area contributed by atoms with Crippen LogP contribution in [0.4, 0.5) is 0 Å². The van der Waals surface area contributed by atoms with Crippen LogP contribution in [0.25, 0.3) is 26.9 Å². The Bertz CT molecular complexity index is 846. The van der Waals surface area contributed by atoms with Crippen molar-refractivity contribution in [2.45, 2.75) is 0 Å². The summed E-state index contributed by atoms with van der Waals surface area (Å²) in [6, 6.07) is 12.3. The van der Waals surface area contributed by atoms with E-state index in [4.69, 9.17) is 0 Å². The quantitative estimate of drug-likeness (QED) is 0.523. The van der Waals surface area contributed by atoms with Gasteiger partial charge in [-0.1, -0.05) is 16.6 Å². The van der Waals surface area contributed by atoms with E-state index < -0.39 is 0 Å². The molecule has 4 aromatic rings. The van der Waals surface area contributed by atoms with Crippen LogP contribution in [0.2, 0.25) is 0 Å². The molecule has 0 unspecified atom stereocenters. The number of pyridine rings is 1. The highest BCUT2D eigenvalue weighted by Gasteiger charge is 2.07. The number of rotatable bonds is 1. The fourth-order valence-electron chi connectivity index (χ4n) is 2.12. The highest BCUT2D eigenvalue weighted by molar-refractivity contribution is 7.13. The van der Waals surface area contributed by atoms with Crippen LogP contribution in [0.5, 0.6) is 0 Å². The Labute approximate surface area is 107 Å². The second-order valence-corrected chi connectivity index (χ2v) is 4.80. The zero-order valence-electron chi connectivity index (χ0n) is 9.32. The van der Waals surface area contributed by atoms with Crippen LogP contribution in [-0.4, -0.2) is 19.2 Å². The molecule has 0 aliphatic rings. The maximum absolute atomic E-state index is 4.20. The van der Waals surface area contributed by atoms with Gasteiger partial charge in [-0.3, -0.25) is 0 Å². The lowest BCUT2D eigenvalue weighted by Crippen LogP contribution is -1.86. The molecule has 0 saturated heterocycles. The first-order valence-electron chi connectivity index (χ1n) is 5.57. The van der Waals surface area contributed by atoms with Gasteiger partial charge in [-0.05, 0) is 41.4 Å². The van der Waals surface area contributed by atoms with E-state index in [9.17, 15) is 0 Å². The third-order valence-corrected chi connectivity index (χ3v) is 3.76. The van der Waals surface area contributed by atoms with Crippen LogP contribution in [0, 0.1) is 0 Å². The molecular weight excluding hydrogens is 244 g/mol. The molecule has 0 aliphatic carbocycles. The predicted molar refractivity (Wildman–Crippen MR) is 71.6 cm³/mol. The molecule has 0 atom stereocenters. The maximum Gasteiger partial charge on any atom is 0.106 e. The zero-order valence-corrected chi connectivity index (χ0v) is 10.1. The molecule has 1 aromatic carbocycles. The topological polar surface area (TPSA) is 43.1 Å². The number of hydrogen-bond donors (Lipinski definition) is 0. The summed E-state index contributed by atoms with van der Waals surface area (Å²) in [4.78, 5) is 0. The van der Waals surface area contributed by atoms with Gasteiger partial charge in [0.15, 0.2) is 0 Å². The number of benzene rings is 1. The molecule has 3 aromatic heterocycles. The fourth-order valence-corrected chi connectivity index (χ4v) is 2.82. The summed E-state index contributed by atoms with van der Waals surface area (Å²) in [6.45, 7) is 0. The molecule has 4 nitrogen and oxygen atoms in total. The SMILES string of the molecule is c1cc(-c2ccn3nccc3c2)c2snnc2c1. The van der Waals surface area contributed by atoms with Gasteiger partial charge < -0.3 is 0 Å². The lowest BCUT2D eigenvalue weighted by molar-refractivity contribution is 0.962. The first-order chi connectivity index (χ1) is 8.92. The molecule has 4 rings (SSSR count). The molecule has 3 heterocycles. The summed E-state index contributed by atoms with van der Waals surface area (Å²) < 4.78 is 7.00. The normalized spacial score (nSPS) is 11.3. The van der Waals surface area contributed by atoms with Crippen molar-refractivity contribution in [2.75, 3.05) is 0 Å². The van der Waals surface area contributed by atoms with Gasteiger partial charge in [0.2, 0.25) is 0 Å². The van der Waals surface area contributed by atoms with Crippen molar-refractivity contribution in [3.8, 4) is 11.1 Å². The van der Waals surface area contributed by atoms with E-state index in [1.165, 1.54) is 22.7 Å². The van der Waals surface area contributed by atoms with Gasteiger partial charge in [0.25, 0.3) is 0 Å². The first-order valence-corrected chi connectivity index (χ1v) is 6.34. The van der Waals surface area contributed by atoms with E-state index in [-0.39, 0.29) is 0 Å². The molecule has 0 bridgehead atoms. The summed E-state index contributed by atoms with van der Waals surface area (Å²) >= 11 is 1.43. The minimum atomic E-state index is 0.950. The second-order valence-electron chi connectivity index (χ2n) is 4.04. The Balaban J connectivity index is 2.03. The van der Waals surface area contributed by atoms with Crippen LogP contribution >= 0.6 is 11.5 Å². The van der Waals surface area contributed by atoms with Crippen molar-refractivity contribution in [1.29, 1.82) is 0 Å². The highest BCUT2D eigenvalue weighted by Crippen LogP contribution is 2.30. The molecule has 5 heteroatoms. The van der Waals surface area contributed by atoms with Crippen LogP contribution in [0.3, 0.4) is 0 Å². The zero-order chi connectivity index (χ0) is 11.9. The molecule has 18 heavy (non-hydrogen) atoms. The molecular formula is C13H8N4S. The monoisotopic (exact) mass is 252 g/mol. The van der Waals surface area contributed by atoms with Crippen molar-refractivity contribution in [1.82, 2.24) is 19.2 Å². The molecule has 0 saturated carbocycles. The third kappa shape index (κ3) is 1.34. The van der Waals surface area contributed by atoms with Crippen molar-refractivity contribution in [3.63, 3.8) is 0 Å². The lowest BCUT2D eigenvalue weighted by atomic mass is 10.1. The van der Waals surface area contributed by atoms with E-state index in [0.29, 0.717) is 0 Å². The van der Waals surface area contributed by atoms with Gasteiger partial charge in [-0.25, -0.2) is 4.52 Å². The Morgan fingerprint density at radius 2 is 2.11 bits per heavy atom. The van der Waals surface area contributed by atoms with Gasteiger partial charge in [-0.15, -0.1) is 5.10 Å². The van der Waals surface area contributed by atoms with Gasteiger partial charge in [-0.2, -0.15) is 5.10 Å². The van der Waals surface area contributed by atoms with Gasteiger partial charge in [0.05, 0.1) is 10.2 Å². The minimum absolute atomic E-state index is 0.950. The van der Waals surface area contributed by atoms with Gasteiger partial charge in [0, 0.05) is 18.0 Å². The van der Waals surface area contributed by atoms with Crippen LogP contribution in [-0.2, 0) is 0 Å². The largest absolute Gasteiger partial charge is 0.241 e. The average molecular weight is 252 g/mol. The Kier molecular flexibility index (Phi) is 1.95. The molecule has 0 spiro atoms. The van der Waals surface area contributed by atoms with E-state index in [2.05, 4.69) is 32.9 Å². The van der Waals surface area contributed by atoms with Gasteiger partial charge in [0.1, 0.15) is 5.52 Å². The van der Waals surface area contributed by atoms with Crippen LogP contribution in [0.1, 0.15) is 0 Å². The molecule has 0 N–H and O–H groups in total. The number of hydrogen-bond acceptors (Lipinski definition) is 4. The molecule has 0 radical (unpaired) electrons. The van der Waals surface area contributed by atoms with Crippen LogP contribution in [0.15, 0.2) is 48.8 Å². The Morgan fingerprint density at radius 1 is 1.11 bits per heavy atom. The van der Waals surface area contributed by atoms with E-state index in [1.807, 2.05) is 28.9 Å². The lowest BCUT2D eigenvalue weighted by Gasteiger charge is -2.03. The third-order valence-electron chi connectivity index (χ3n) is 2.99. The second kappa shape index (κ2) is 3.61. The number of fused-ring (bicyclic) bond motifs is 2. The number of nitrogens with zero attached hydrogens (tertiary/aromatic N) is 4. The van der Waals surface area contributed by atoms with Crippen molar-refractivity contribution in [3.05, 3.63) is 48.8 Å². The van der Waals surface area contributed by atoms with Crippen molar-refractivity contribution in [2.24, 2.45) is 0 Å². The fraction of sp³-hybridized carbons (Fsp3) is 0. The van der Waals surface area contributed by atoms with Crippen molar-refractivity contribution >= 4 is 27.3 Å². The Hall–Kier alpha value is -2.27. The summed E-state index contributed by atoms with van der Waals surface area (Å²) in [5.74, 6) is 0. The summed E-state index contributed by atoms with van der Waals surface area (Å²) in [6.07, 6.45) is 3.77. The van der Waals surface area contributed by atoms with Crippen LogP contribution < -0.4 is 0 Å². The maximum atomic E-state index is 4.20. The summed E-state index contributed by atoms with van der Waals surface area (Å²) in [7, 11) is 0. The molecule has 86 valence electrons. The molecule has 0 fully saturated rings. The summed E-state index contributed by atoms with van der Waals surface area (Å²) in [5.41, 5.74) is 4.37. The summed E-state index contributed by atoms with van der Waals surface area (Å²) in [5, 5.41) is 8.31. The smallest absolute Gasteiger partial charge is 0.106 e. The molecule has 0 aliphatic heterocycles. The standard InChI is InChI=1S/C13H8N4S/c1-2-11(13-12(3-1)15-16-18-13)9-5-7-17-10(8-9)4-6-14-17/h1-8H. The Morgan fingerprint density at radius 3 is 3.11 bits per heavy atom. The van der Waals surface area contributed by atoms with Crippen molar-refractivity contribution < 1.29 is 0 Å². The minimum Gasteiger partial charge on any atom is -0.241 e. The number of aromatic nitrogens is 4. The molecule has 0 amide bonds. The first kappa shape index (κ1) is 9.73. The predicted octanol–water partition coefficient (Wildman–Crippen LogP) is 3.01. The highest BCUT2D eigenvalue weighted by atomic mass is 32.1. The van der Waals surface area contributed by atoms with E-state index in [0.717, 1.165) is 15.7 Å². The van der Waals surface area contributed by atoms with Gasteiger partial charge >= 0.3 is 0 Å². The van der Waals surface area contributed by atoms with E-state index >= 15 is 0 Å².